The lowest BCUT2D eigenvalue weighted by molar-refractivity contribution is 0.350. The number of rotatable bonds is 2. The molecule has 0 aliphatic carbocycles. The number of nitrogens with one attached hydrogen (secondary N) is 1. The van der Waals surface area contributed by atoms with Crippen molar-refractivity contribution in [3.63, 3.8) is 0 Å². The summed E-state index contributed by atoms with van der Waals surface area (Å²) in [6, 6.07) is 0.424. The topological polar surface area (TPSA) is 39.1 Å². The molecule has 78 valence electrons. The van der Waals surface area contributed by atoms with Crippen LogP contribution in [0, 0.1) is 0 Å². The van der Waals surface area contributed by atoms with Gasteiger partial charge in [0.05, 0.1) is 18.9 Å². The van der Waals surface area contributed by atoms with Crippen molar-refractivity contribution in [1.29, 1.82) is 0 Å². The average molecular weight is 195 g/mol. The van der Waals surface area contributed by atoms with Crippen LogP contribution in [0.2, 0.25) is 0 Å². The maximum absolute atomic E-state index is 5.33. The Bertz CT molecular complexity index is 302. The third kappa shape index (κ3) is 1.62. The van der Waals surface area contributed by atoms with E-state index in [1.165, 1.54) is 24.8 Å². The lowest BCUT2D eigenvalue weighted by Crippen LogP contribution is -2.26. The van der Waals surface area contributed by atoms with Crippen LogP contribution in [0.1, 0.15) is 30.9 Å². The molecule has 0 bridgehead atoms. The third-order valence-electron chi connectivity index (χ3n) is 2.79. The Kier molecular flexibility index (Phi) is 2.72. The molecule has 1 fully saturated rings. The van der Waals surface area contributed by atoms with Crippen molar-refractivity contribution in [2.45, 2.75) is 25.3 Å². The average Bonchev–Trinajstić information content (AvgIpc) is 2.61. The van der Waals surface area contributed by atoms with Gasteiger partial charge in [-0.3, -0.25) is 0 Å². The lowest BCUT2D eigenvalue weighted by atomic mass is 10.00. The second-order valence-corrected chi connectivity index (χ2v) is 3.74. The lowest BCUT2D eigenvalue weighted by Gasteiger charge is -2.23. The van der Waals surface area contributed by atoms with Gasteiger partial charge < -0.3 is 10.1 Å². The Morgan fingerprint density at radius 2 is 2.43 bits per heavy atom. The van der Waals surface area contributed by atoms with Crippen molar-refractivity contribution >= 4 is 0 Å². The minimum atomic E-state index is 0.424. The summed E-state index contributed by atoms with van der Waals surface area (Å²) in [7, 11) is 3.61. The smallest absolute Gasteiger partial charge is 0.216 e. The van der Waals surface area contributed by atoms with Crippen molar-refractivity contribution in [1.82, 2.24) is 15.1 Å². The molecule has 1 aromatic rings. The highest BCUT2D eigenvalue weighted by Gasteiger charge is 2.21. The molecule has 0 aromatic carbocycles. The molecule has 0 spiro atoms. The summed E-state index contributed by atoms with van der Waals surface area (Å²) in [6.07, 6.45) is 5.65. The molecule has 14 heavy (non-hydrogen) atoms. The first-order valence-electron chi connectivity index (χ1n) is 5.12. The summed E-state index contributed by atoms with van der Waals surface area (Å²) in [4.78, 5) is 0. The number of methoxy groups -OCH3 is 1. The van der Waals surface area contributed by atoms with Gasteiger partial charge in [-0.25, -0.2) is 4.68 Å². The normalized spacial score (nSPS) is 22.3. The summed E-state index contributed by atoms with van der Waals surface area (Å²) in [5.41, 5.74) is 1.19. The van der Waals surface area contributed by atoms with Crippen molar-refractivity contribution < 1.29 is 4.74 Å². The highest BCUT2D eigenvalue weighted by molar-refractivity contribution is 5.28. The number of piperidine rings is 1. The SMILES string of the molecule is COc1c(C2CCCCN2)cnn1C. The maximum Gasteiger partial charge on any atom is 0.216 e. The van der Waals surface area contributed by atoms with Crippen LogP contribution in [-0.4, -0.2) is 23.4 Å². The number of aromatic nitrogens is 2. The number of nitrogens with zero attached hydrogens (tertiary/aromatic N) is 2. The Balaban J connectivity index is 2.21. The van der Waals surface area contributed by atoms with Gasteiger partial charge in [0.15, 0.2) is 0 Å². The highest BCUT2D eigenvalue weighted by atomic mass is 16.5. The molecule has 1 N–H and O–H groups in total. The van der Waals surface area contributed by atoms with Crippen molar-refractivity contribution in [2.24, 2.45) is 7.05 Å². The first-order chi connectivity index (χ1) is 6.83. The molecule has 0 radical (unpaired) electrons. The van der Waals surface area contributed by atoms with Crippen LogP contribution in [0.4, 0.5) is 0 Å². The van der Waals surface area contributed by atoms with Gasteiger partial charge in [0.25, 0.3) is 0 Å². The minimum absolute atomic E-state index is 0.424. The molecule has 1 atom stereocenters. The Hall–Kier alpha value is -1.03. The monoisotopic (exact) mass is 195 g/mol. The van der Waals surface area contributed by atoms with Crippen LogP contribution in [0.25, 0.3) is 0 Å². The van der Waals surface area contributed by atoms with Crippen molar-refractivity contribution in [2.75, 3.05) is 13.7 Å². The van der Waals surface area contributed by atoms with Crippen LogP contribution in [0.3, 0.4) is 0 Å². The molecule has 1 unspecified atom stereocenters. The number of hydrogen-bond donors (Lipinski definition) is 1. The van der Waals surface area contributed by atoms with E-state index in [-0.39, 0.29) is 0 Å². The van der Waals surface area contributed by atoms with Gasteiger partial charge >= 0.3 is 0 Å². The first-order valence-corrected chi connectivity index (χ1v) is 5.12. The van der Waals surface area contributed by atoms with Crippen LogP contribution in [0.15, 0.2) is 6.20 Å². The summed E-state index contributed by atoms with van der Waals surface area (Å²) < 4.78 is 7.11. The molecule has 4 heteroatoms. The summed E-state index contributed by atoms with van der Waals surface area (Å²) in [5, 5.41) is 7.70. The van der Waals surface area contributed by atoms with Crippen LogP contribution in [0.5, 0.6) is 5.88 Å². The van der Waals surface area contributed by atoms with Gasteiger partial charge in [0.1, 0.15) is 0 Å². The molecule has 4 nitrogen and oxygen atoms in total. The number of aryl methyl sites for hydroxylation is 1. The zero-order chi connectivity index (χ0) is 9.97. The fourth-order valence-corrected chi connectivity index (χ4v) is 2.05. The van der Waals surface area contributed by atoms with Crippen LogP contribution in [-0.2, 0) is 7.05 Å². The standard InChI is InChI=1S/C10H17N3O/c1-13-10(14-2)8(7-12-13)9-5-3-4-6-11-9/h7,9,11H,3-6H2,1-2H3. The van der Waals surface area contributed by atoms with E-state index in [4.69, 9.17) is 4.74 Å². The quantitative estimate of drug-likeness (QED) is 0.771. The van der Waals surface area contributed by atoms with Crippen molar-refractivity contribution in [3.8, 4) is 5.88 Å². The summed E-state index contributed by atoms with van der Waals surface area (Å²) in [6.45, 7) is 1.10. The molecule has 0 saturated carbocycles. The van der Waals surface area contributed by atoms with Crippen LogP contribution >= 0.6 is 0 Å². The molecule has 1 aliphatic heterocycles. The first kappa shape index (κ1) is 9.52. The van der Waals surface area contributed by atoms with E-state index < -0.39 is 0 Å². The Morgan fingerprint density at radius 3 is 3.07 bits per heavy atom. The fourth-order valence-electron chi connectivity index (χ4n) is 2.05. The fraction of sp³-hybridized carbons (Fsp3) is 0.700. The maximum atomic E-state index is 5.33. The Labute approximate surface area is 84.3 Å². The van der Waals surface area contributed by atoms with E-state index in [2.05, 4.69) is 10.4 Å². The van der Waals surface area contributed by atoms with Crippen LogP contribution < -0.4 is 10.1 Å². The molecule has 1 aromatic heterocycles. The molecule has 1 aliphatic rings. The van der Waals surface area contributed by atoms with E-state index in [9.17, 15) is 0 Å². The van der Waals surface area contributed by atoms with Gasteiger partial charge in [0.2, 0.25) is 5.88 Å². The van der Waals surface area contributed by atoms with Gasteiger partial charge in [-0.1, -0.05) is 6.42 Å². The molecular weight excluding hydrogens is 178 g/mol. The molecule has 0 amide bonds. The second-order valence-electron chi connectivity index (χ2n) is 3.74. The predicted molar refractivity (Wildman–Crippen MR) is 54.4 cm³/mol. The summed E-state index contributed by atoms with van der Waals surface area (Å²) in [5.74, 6) is 0.879. The highest BCUT2D eigenvalue weighted by Crippen LogP contribution is 2.29. The zero-order valence-corrected chi connectivity index (χ0v) is 8.79. The second kappa shape index (κ2) is 4.00. The van der Waals surface area contributed by atoms with Gasteiger partial charge in [0, 0.05) is 13.1 Å². The molecule has 1 saturated heterocycles. The predicted octanol–water partition coefficient (Wildman–Crippen LogP) is 1.24. The van der Waals surface area contributed by atoms with E-state index in [1.807, 2.05) is 13.2 Å². The van der Waals surface area contributed by atoms with E-state index in [0.29, 0.717) is 6.04 Å². The molecular formula is C10H17N3O. The van der Waals surface area contributed by atoms with E-state index in [0.717, 1.165) is 12.4 Å². The zero-order valence-electron chi connectivity index (χ0n) is 8.79. The third-order valence-corrected chi connectivity index (χ3v) is 2.79. The van der Waals surface area contributed by atoms with Crippen molar-refractivity contribution in [3.05, 3.63) is 11.8 Å². The largest absolute Gasteiger partial charge is 0.481 e. The van der Waals surface area contributed by atoms with Gasteiger partial charge in [-0.2, -0.15) is 5.10 Å². The van der Waals surface area contributed by atoms with Gasteiger partial charge in [-0.15, -0.1) is 0 Å². The summed E-state index contributed by atoms with van der Waals surface area (Å²) >= 11 is 0. The number of hydrogen-bond acceptors (Lipinski definition) is 3. The molecule has 2 heterocycles. The molecule has 2 rings (SSSR count). The number of ether oxygens (including phenoxy) is 1. The van der Waals surface area contributed by atoms with Gasteiger partial charge in [-0.05, 0) is 19.4 Å². The van der Waals surface area contributed by atoms with E-state index >= 15 is 0 Å². The van der Waals surface area contributed by atoms with E-state index in [1.54, 1.807) is 11.8 Å². The Morgan fingerprint density at radius 1 is 1.57 bits per heavy atom. The minimum Gasteiger partial charge on any atom is -0.481 e.